The summed E-state index contributed by atoms with van der Waals surface area (Å²) in [5, 5.41) is 0. The van der Waals surface area contributed by atoms with Crippen molar-refractivity contribution in [3.05, 3.63) is 29.8 Å². The SMILES string of the molecule is CSCCCN(C)Cc1cccc(N)c1. The second-order valence-electron chi connectivity index (χ2n) is 3.83. The minimum Gasteiger partial charge on any atom is -0.399 e. The van der Waals surface area contributed by atoms with E-state index in [0.717, 1.165) is 18.8 Å². The fourth-order valence-corrected chi connectivity index (χ4v) is 1.98. The van der Waals surface area contributed by atoms with E-state index >= 15 is 0 Å². The number of nitrogens with two attached hydrogens (primary N) is 1. The summed E-state index contributed by atoms with van der Waals surface area (Å²) < 4.78 is 0. The van der Waals surface area contributed by atoms with E-state index in [1.807, 2.05) is 30.0 Å². The van der Waals surface area contributed by atoms with Crippen molar-refractivity contribution in [3.63, 3.8) is 0 Å². The van der Waals surface area contributed by atoms with Gasteiger partial charge in [-0.3, -0.25) is 0 Å². The second kappa shape index (κ2) is 6.75. The van der Waals surface area contributed by atoms with Gasteiger partial charge in [-0.15, -0.1) is 0 Å². The Morgan fingerprint density at radius 1 is 1.40 bits per heavy atom. The number of rotatable bonds is 6. The number of thioether (sulfide) groups is 1. The third-order valence-electron chi connectivity index (χ3n) is 2.29. The summed E-state index contributed by atoms with van der Waals surface area (Å²) >= 11 is 1.91. The average molecular weight is 224 g/mol. The van der Waals surface area contributed by atoms with Gasteiger partial charge in [-0.25, -0.2) is 0 Å². The molecule has 2 nitrogen and oxygen atoms in total. The molecule has 2 N–H and O–H groups in total. The van der Waals surface area contributed by atoms with Gasteiger partial charge in [-0.05, 0) is 49.7 Å². The Hall–Kier alpha value is -0.670. The van der Waals surface area contributed by atoms with Crippen molar-refractivity contribution in [1.29, 1.82) is 0 Å². The molecule has 1 aromatic carbocycles. The number of anilines is 1. The summed E-state index contributed by atoms with van der Waals surface area (Å²) in [5.41, 5.74) is 7.88. The average Bonchev–Trinajstić information content (AvgIpc) is 2.18. The maximum atomic E-state index is 5.73. The van der Waals surface area contributed by atoms with Gasteiger partial charge in [0.25, 0.3) is 0 Å². The predicted molar refractivity (Wildman–Crippen MR) is 70.2 cm³/mol. The number of hydrogen-bond donors (Lipinski definition) is 1. The molecule has 0 saturated carbocycles. The summed E-state index contributed by atoms with van der Waals surface area (Å²) in [5.74, 6) is 1.24. The summed E-state index contributed by atoms with van der Waals surface area (Å²) in [6.45, 7) is 2.13. The molecule has 0 heterocycles. The van der Waals surface area contributed by atoms with E-state index in [-0.39, 0.29) is 0 Å². The summed E-state index contributed by atoms with van der Waals surface area (Å²) in [6, 6.07) is 8.12. The lowest BCUT2D eigenvalue weighted by Crippen LogP contribution is -2.19. The fourth-order valence-electron chi connectivity index (χ4n) is 1.56. The van der Waals surface area contributed by atoms with Gasteiger partial charge < -0.3 is 10.6 Å². The molecule has 1 rings (SSSR count). The molecule has 15 heavy (non-hydrogen) atoms. The molecule has 84 valence electrons. The van der Waals surface area contributed by atoms with E-state index in [1.54, 1.807) is 0 Å². The summed E-state index contributed by atoms with van der Waals surface area (Å²) in [7, 11) is 2.16. The molecule has 1 aromatic rings. The van der Waals surface area contributed by atoms with Gasteiger partial charge in [0.15, 0.2) is 0 Å². The Morgan fingerprint density at radius 3 is 2.87 bits per heavy atom. The molecule has 0 aliphatic carbocycles. The zero-order valence-electron chi connectivity index (χ0n) is 9.57. The molecule has 0 amide bonds. The van der Waals surface area contributed by atoms with E-state index in [9.17, 15) is 0 Å². The smallest absolute Gasteiger partial charge is 0.0317 e. The highest BCUT2D eigenvalue weighted by molar-refractivity contribution is 7.98. The van der Waals surface area contributed by atoms with E-state index < -0.39 is 0 Å². The van der Waals surface area contributed by atoms with Crippen molar-refractivity contribution in [3.8, 4) is 0 Å². The first-order chi connectivity index (χ1) is 7.22. The van der Waals surface area contributed by atoms with Crippen molar-refractivity contribution in [1.82, 2.24) is 4.90 Å². The van der Waals surface area contributed by atoms with Crippen LogP contribution in [-0.4, -0.2) is 30.5 Å². The molecule has 0 radical (unpaired) electrons. The monoisotopic (exact) mass is 224 g/mol. The standard InChI is InChI=1S/C12H20N2S/c1-14(7-4-8-15-2)10-11-5-3-6-12(13)9-11/h3,5-6,9H,4,7-8,10,13H2,1-2H3. The van der Waals surface area contributed by atoms with Crippen LogP contribution in [0, 0.1) is 0 Å². The Kier molecular flexibility index (Phi) is 5.58. The quantitative estimate of drug-likeness (QED) is 0.594. The molecule has 0 aliphatic heterocycles. The van der Waals surface area contributed by atoms with Crippen molar-refractivity contribution < 1.29 is 0 Å². The van der Waals surface area contributed by atoms with E-state index in [1.165, 1.54) is 17.7 Å². The van der Waals surface area contributed by atoms with Crippen molar-refractivity contribution in [2.75, 3.05) is 31.3 Å². The first-order valence-electron chi connectivity index (χ1n) is 5.24. The Balaban J connectivity index is 2.34. The Labute approximate surface area is 96.8 Å². The van der Waals surface area contributed by atoms with Gasteiger partial charge in [0, 0.05) is 12.2 Å². The molecule has 0 aromatic heterocycles. The molecule has 0 aliphatic rings. The van der Waals surface area contributed by atoms with E-state index in [4.69, 9.17) is 5.73 Å². The highest BCUT2D eigenvalue weighted by Crippen LogP contribution is 2.09. The fraction of sp³-hybridized carbons (Fsp3) is 0.500. The van der Waals surface area contributed by atoms with Crippen LogP contribution in [0.2, 0.25) is 0 Å². The van der Waals surface area contributed by atoms with Crippen LogP contribution in [0.1, 0.15) is 12.0 Å². The van der Waals surface area contributed by atoms with Crippen LogP contribution in [-0.2, 0) is 6.54 Å². The lowest BCUT2D eigenvalue weighted by molar-refractivity contribution is 0.328. The number of nitrogens with zero attached hydrogens (tertiary/aromatic N) is 1. The van der Waals surface area contributed by atoms with Crippen molar-refractivity contribution in [2.45, 2.75) is 13.0 Å². The minimum absolute atomic E-state index is 0.852. The minimum atomic E-state index is 0.852. The molecule has 0 fully saturated rings. The third kappa shape index (κ3) is 5.09. The van der Waals surface area contributed by atoms with Crippen LogP contribution in [0.15, 0.2) is 24.3 Å². The molecule has 3 heteroatoms. The topological polar surface area (TPSA) is 29.3 Å². The van der Waals surface area contributed by atoms with Gasteiger partial charge in [-0.2, -0.15) is 11.8 Å². The second-order valence-corrected chi connectivity index (χ2v) is 4.81. The number of nitrogen functional groups attached to an aromatic ring is 1. The molecular formula is C12H20N2S. The highest BCUT2D eigenvalue weighted by Gasteiger charge is 2.00. The molecule has 0 bridgehead atoms. The van der Waals surface area contributed by atoms with Crippen molar-refractivity contribution in [2.24, 2.45) is 0 Å². The predicted octanol–water partition coefficient (Wildman–Crippen LogP) is 2.45. The van der Waals surface area contributed by atoms with Crippen LogP contribution < -0.4 is 5.73 Å². The molecule has 0 saturated heterocycles. The highest BCUT2D eigenvalue weighted by atomic mass is 32.2. The zero-order chi connectivity index (χ0) is 11.1. The number of hydrogen-bond acceptors (Lipinski definition) is 3. The zero-order valence-corrected chi connectivity index (χ0v) is 10.4. The summed E-state index contributed by atoms with van der Waals surface area (Å²) in [4.78, 5) is 2.34. The summed E-state index contributed by atoms with van der Waals surface area (Å²) in [6.07, 6.45) is 3.40. The molecule has 0 atom stereocenters. The Morgan fingerprint density at radius 2 is 2.20 bits per heavy atom. The van der Waals surface area contributed by atoms with Gasteiger partial charge in [0.2, 0.25) is 0 Å². The molecular weight excluding hydrogens is 204 g/mol. The van der Waals surface area contributed by atoms with Crippen LogP contribution in [0.25, 0.3) is 0 Å². The van der Waals surface area contributed by atoms with Crippen molar-refractivity contribution >= 4 is 17.4 Å². The van der Waals surface area contributed by atoms with E-state index in [0.29, 0.717) is 0 Å². The first-order valence-corrected chi connectivity index (χ1v) is 6.63. The van der Waals surface area contributed by atoms with Gasteiger partial charge in [0.1, 0.15) is 0 Å². The normalized spacial score (nSPS) is 10.9. The molecule has 0 spiro atoms. The number of benzene rings is 1. The van der Waals surface area contributed by atoms with Crippen LogP contribution in [0.4, 0.5) is 5.69 Å². The molecule has 0 unspecified atom stereocenters. The van der Waals surface area contributed by atoms with Crippen LogP contribution in [0.5, 0.6) is 0 Å². The first kappa shape index (κ1) is 12.4. The van der Waals surface area contributed by atoms with Crippen LogP contribution in [0.3, 0.4) is 0 Å². The largest absolute Gasteiger partial charge is 0.399 e. The van der Waals surface area contributed by atoms with Gasteiger partial charge >= 0.3 is 0 Å². The Bertz CT molecular complexity index is 289. The third-order valence-corrected chi connectivity index (χ3v) is 2.99. The lowest BCUT2D eigenvalue weighted by Gasteiger charge is -2.16. The maximum Gasteiger partial charge on any atom is 0.0317 e. The van der Waals surface area contributed by atoms with Crippen LogP contribution >= 0.6 is 11.8 Å². The van der Waals surface area contributed by atoms with E-state index in [2.05, 4.69) is 24.3 Å². The maximum absolute atomic E-state index is 5.73. The van der Waals surface area contributed by atoms with Gasteiger partial charge in [-0.1, -0.05) is 12.1 Å². The van der Waals surface area contributed by atoms with Gasteiger partial charge in [0.05, 0.1) is 0 Å². The lowest BCUT2D eigenvalue weighted by atomic mass is 10.2.